The minimum absolute atomic E-state index is 0.0890. The molecule has 0 aliphatic rings. The van der Waals surface area contributed by atoms with Gasteiger partial charge in [0.25, 0.3) is 0 Å². The molecule has 0 fully saturated rings. The monoisotopic (exact) mass is 342 g/mol. The number of hydrogen-bond donors (Lipinski definition) is 1. The fourth-order valence-electron chi connectivity index (χ4n) is 1.88. The number of nitrogens with zero attached hydrogens (tertiary/aromatic N) is 1. The summed E-state index contributed by atoms with van der Waals surface area (Å²) in [4.78, 5) is 4.39. The number of aryl methyl sites for hydroxylation is 1. The van der Waals surface area contributed by atoms with E-state index in [4.69, 9.17) is 9.47 Å². The maximum Gasteiger partial charge on any atom is 0.244 e. The first-order valence-corrected chi connectivity index (χ1v) is 8.95. The summed E-state index contributed by atoms with van der Waals surface area (Å²) in [5.41, 5.74) is 0.944. The molecule has 0 amide bonds. The van der Waals surface area contributed by atoms with Crippen molar-refractivity contribution >= 4 is 21.4 Å². The van der Waals surface area contributed by atoms with Crippen LogP contribution in [-0.2, 0) is 16.4 Å². The van der Waals surface area contributed by atoms with E-state index in [1.54, 1.807) is 12.1 Å². The zero-order valence-corrected chi connectivity index (χ0v) is 14.3. The van der Waals surface area contributed by atoms with Gasteiger partial charge < -0.3 is 9.47 Å². The van der Waals surface area contributed by atoms with Gasteiger partial charge in [-0.3, -0.25) is 0 Å². The van der Waals surface area contributed by atoms with Gasteiger partial charge in [-0.25, -0.2) is 18.1 Å². The van der Waals surface area contributed by atoms with Gasteiger partial charge in [0.05, 0.1) is 19.2 Å². The van der Waals surface area contributed by atoms with Crippen molar-refractivity contribution in [1.82, 2.24) is 9.71 Å². The number of hydrogen-bond acceptors (Lipinski definition) is 6. The van der Waals surface area contributed by atoms with Crippen molar-refractivity contribution in [2.75, 3.05) is 20.8 Å². The Bertz CT molecular complexity index is 741. The Hall–Kier alpha value is -1.64. The average Bonchev–Trinajstić information content (AvgIpc) is 2.91. The molecule has 6 nitrogen and oxygen atoms in total. The van der Waals surface area contributed by atoms with E-state index in [0.29, 0.717) is 12.2 Å². The lowest BCUT2D eigenvalue weighted by atomic mass is 10.3. The van der Waals surface area contributed by atoms with Crippen molar-refractivity contribution in [2.45, 2.75) is 18.2 Å². The molecule has 2 aromatic rings. The highest BCUT2D eigenvalue weighted by Gasteiger charge is 2.19. The molecule has 0 radical (unpaired) electrons. The first kappa shape index (κ1) is 16.7. The van der Waals surface area contributed by atoms with Gasteiger partial charge in [0.2, 0.25) is 10.0 Å². The van der Waals surface area contributed by atoms with Crippen LogP contribution in [0.1, 0.15) is 10.7 Å². The van der Waals surface area contributed by atoms with Gasteiger partial charge in [-0.05, 0) is 19.1 Å². The van der Waals surface area contributed by atoms with E-state index in [9.17, 15) is 8.42 Å². The number of methoxy groups -OCH3 is 2. The normalized spacial score (nSPS) is 11.4. The molecule has 8 heteroatoms. The number of thiazole rings is 1. The summed E-state index contributed by atoms with van der Waals surface area (Å²) in [6.45, 7) is 2.19. The molecule has 1 heterocycles. The zero-order chi connectivity index (χ0) is 16.2. The van der Waals surface area contributed by atoms with Crippen molar-refractivity contribution in [2.24, 2.45) is 0 Å². The molecule has 0 unspecified atom stereocenters. The van der Waals surface area contributed by atoms with Crippen LogP contribution in [-0.4, -0.2) is 34.2 Å². The van der Waals surface area contributed by atoms with Crippen molar-refractivity contribution in [3.8, 4) is 11.5 Å². The van der Waals surface area contributed by atoms with E-state index in [0.717, 1.165) is 10.7 Å². The lowest BCUT2D eigenvalue weighted by Gasteiger charge is -2.11. The molecule has 1 aromatic heterocycles. The van der Waals surface area contributed by atoms with Crippen LogP contribution in [0.4, 0.5) is 0 Å². The summed E-state index contributed by atoms with van der Waals surface area (Å²) in [7, 11) is -0.711. The van der Waals surface area contributed by atoms with E-state index < -0.39 is 10.0 Å². The van der Waals surface area contributed by atoms with Crippen molar-refractivity contribution in [3.63, 3.8) is 0 Å². The van der Waals surface area contributed by atoms with Gasteiger partial charge >= 0.3 is 0 Å². The maximum atomic E-state index is 12.4. The van der Waals surface area contributed by atoms with Crippen LogP contribution in [0.5, 0.6) is 11.5 Å². The van der Waals surface area contributed by atoms with E-state index in [-0.39, 0.29) is 17.2 Å². The Kier molecular flexibility index (Phi) is 5.38. The van der Waals surface area contributed by atoms with Crippen LogP contribution in [0.3, 0.4) is 0 Å². The third-order valence-electron chi connectivity index (χ3n) is 2.96. The first-order valence-electron chi connectivity index (χ1n) is 6.59. The maximum absolute atomic E-state index is 12.4. The molecular weight excluding hydrogens is 324 g/mol. The van der Waals surface area contributed by atoms with Gasteiger partial charge in [0, 0.05) is 30.1 Å². The number of ether oxygens (including phenoxy) is 2. The minimum Gasteiger partial charge on any atom is -0.497 e. The van der Waals surface area contributed by atoms with Gasteiger partial charge in [-0.2, -0.15) is 0 Å². The molecule has 0 atom stereocenters. The van der Waals surface area contributed by atoms with E-state index in [1.165, 1.54) is 31.6 Å². The number of nitrogens with one attached hydrogen (secondary N) is 1. The average molecular weight is 342 g/mol. The van der Waals surface area contributed by atoms with Crippen LogP contribution in [0.25, 0.3) is 0 Å². The number of benzene rings is 1. The highest BCUT2D eigenvalue weighted by molar-refractivity contribution is 7.89. The summed E-state index contributed by atoms with van der Waals surface area (Å²) in [5, 5.41) is 2.85. The number of sulfonamides is 1. The lowest BCUT2D eigenvalue weighted by Crippen LogP contribution is -2.26. The van der Waals surface area contributed by atoms with Gasteiger partial charge in [-0.1, -0.05) is 0 Å². The second kappa shape index (κ2) is 7.08. The third-order valence-corrected chi connectivity index (χ3v) is 5.48. The van der Waals surface area contributed by atoms with Crippen molar-refractivity contribution in [3.05, 3.63) is 34.3 Å². The molecule has 0 aliphatic heterocycles. The quantitative estimate of drug-likeness (QED) is 0.832. The third kappa shape index (κ3) is 3.96. The summed E-state index contributed by atoms with van der Waals surface area (Å²) in [5.74, 6) is 0.783. The zero-order valence-electron chi connectivity index (χ0n) is 12.6. The fourth-order valence-corrected chi connectivity index (χ4v) is 3.84. The highest BCUT2D eigenvalue weighted by atomic mass is 32.2. The number of rotatable bonds is 7. The second-order valence-electron chi connectivity index (χ2n) is 4.55. The van der Waals surface area contributed by atoms with Crippen molar-refractivity contribution in [1.29, 1.82) is 0 Å². The Morgan fingerprint density at radius 3 is 2.64 bits per heavy atom. The van der Waals surface area contributed by atoms with Crippen LogP contribution in [0.15, 0.2) is 28.5 Å². The molecule has 120 valence electrons. The van der Waals surface area contributed by atoms with Crippen molar-refractivity contribution < 1.29 is 17.9 Å². The second-order valence-corrected chi connectivity index (χ2v) is 7.23. The largest absolute Gasteiger partial charge is 0.497 e. The molecule has 0 bridgehead atoms. The summed E-state index contributed by atoms with van der Waals surface area (Å²) < 4.78 is 37.5. The summed E-state index contributed by atoms with van der Waals surface area (Å²) in [6, 6.07) is 4.59. The van der Waals surface area contributed by atoms with Crippen LogP contribution >= 0.6 is 11.3 Å². The molecule has 0 saturated heterocycles. The smallest absolute Gasteiger partial charge is 0.244 e. The lowest BCUT2D eigenvalue weighted by molar-refractivity contribution is 0.386. The van der Waals surface area contributed by atoms with E-state index in [1.807, 2.05) is 12.3 Å². The van der Waals surface area contributed by atoms with Crippen LogP contribution in [0, 0.1) is 6.92 Å². The summed E-state index contributed by atoms with van der Waals surface area (Å²) >= 11 is 1.52. The SMILES string of the molecule is COc1ccc(S(=O)(=O)NCCc2nc(C)cs2)c(OC)c1. The van der Waals surface area contributed by atoms with Gasteiger partial charge in [0.15, 0.2) is 0 Å². The summed E-state index contributed by atoms with van der Waals surface area (Å²) in [6.07, 6.45) is 0.552. The molecule has 2 rings (SSSR count). The highest BCUT2D eigenvalue weighted by Crippen LogP contribution is 2.28. The Balaban J connectivity index is 2.09. The molecule has 22 heavy (non-hydrogen) atoms. The molecule has 1 aromatic carbocycles. The predicted molar refractivity (Wildman–Crippen MR) is 85.3 cm³/mol. The standard InChI is InChI=1S/C14H18N2O4S2/c1-10-9-21-14(16-10)6-7-15-22(17,18)13-5-4-11(19-2)8-12(13)20-3/h4-5,8-9,15H,6-7H2,1-3H3. The minimum atomic E-state index is -3.65. The Labute approximate surface area is 134 Å². The van der Waals surface area contributed by atoms with Gasteiger partial charge in [0.1, 0.15) is 16.4 Å². The topological polar surface area (TPSA) is 77.5 Å². The molecular formula is C14H18N2O4S2. The molecule has 1 N–H and O–H groups in total. The predicted octanol–water partition coefficient (Wildman–Crippen LogP) is 1.99. The fraction of sp³-hybridized carbons (Fsp3) is 0.357. The van der Waals surface area contributed by atoms with Crippen LogP contribution in [0.2, 0.25) is 0 Å². The van der Waals surface area contributed by atoms with E-state index >= 15 is 0 Å². The molecule has 0 spiro atoms. The molecule has 0 aliphatic carbocycles. The Morgan fingerprint density at radius 1 is 1.27 bits per heavy atom. The first-order chi connectivity index (χ1) is 10.5. The van der Waals surface area contributed by atoms with Gasteiger partial charge in [-0.15, -0.1) is 11.3 Å². The molecule has 0 saturated carbocycles. The Morgan fingerprint density at radius 2 is 2.05 bits per heavy atom. The van der Waals surface area contributed by atoms with Crippen LogP contribution < -0.4 is 14.2 Å². The number of aromatic nitrogens is 1. The van der Waals surface area contributed by atoms with E-state index in [2.05, 4.69) is 9.71 Å².